The predicted octanol–water partition coefficient (Wildman–Crippen LogP) is 2.64. The van der Waals surface area contributed by atoms with Crippen LogP contribution in [0, 0.1) is 0 Å². The molecule has 0 aliphatic heterocycles. The van der Waals surface area contributed by atoms with Gasteiger partial charge in [-0.3, -0.25) is 0 Å². The lowest BCUT2D eigenvalue weighted by Gasteiger charge is -2.05. The van der Waals surface area contributed by atoms with Crippen LogP contribution in [0.5, 0.6) is 5.75 Å². The maximum atomic E-state index is 11.1. The zero-order valence-electron chi connectivity index (χ0n) is 9.18. The van der Waals surface area contributed by atoms with Gasteiger partial charge in [0.1, 0.15) is 11.4 Å². The number of fused-ring (bicyclic) bond motifs is 1. The molecule has 0 spiro atoms. The number of carboxylic acid groups (broad SMARTS) is 2. The summed E-state index contributed by atoms with van der Waals surface area (Å²) in [5.41, 5.74) is -0.0229. The first-order valence-corrected chi connectivity index (χ1v) is 5.60. The fourth-order valence-electron chi connectivity index (χ4n) is 1.73. The van der Waals surface area contributed by atoms with Gasteiger partial charge in [0.25, 0.3) is 0 Å². The van der Waals surface area contributed by atoms with Crippen LogP contribution < -0.4 is 4.74 Å². The standard InChI is InChI=1S/C11H8BrNO5/c1-18-9-3-5-2-8(10(14)15)13(11(16)17)7(5)4-6(9)12/h2-4H,1H3,(H,14,15)(H,16,17). The minimum Gasteiger partial charge on any atom is -0.496 e. The van der Waals surface area contributed by atoms with Gasteiger partial charge in [0.05, 0.1) is 17.1 Å². The number of rotatable bonds is 2. The zero-order chi connectivity index (χ0) is 13.4. The Morgan fingerprint density at radius 3 is 2.44 bits per heavy atom. The van der Waals surface area contributed by atoms with Gasteiger partial charge in [-0.2, -0.15) is 0 Å². The van der Waals surface area contributed by atoms with Crippen LogP contribution >= 0.6 is 15.9 Å². The van der Waals surface area contributed by atoms with Crippen LogP contribution in [-0.2, 0) is 0 Å². The molecule has 2 N–H and O–H groups in total. The third-order valence-electron chi connectivity index (χ3n) is 2.49. The van der Waals surface area contributed by atoms with E-state index in [2.05, 4.69) is 15.9 Å². The first-order valence-electron chi connectivity index (χ1n) is 4.81. The first-order chi connectivity index (χ1) is 8.45. The smallest absolute Gasteiger partial charge is 0.416 e. The number of carboxylic acids is 1. The number of aromatic carboxylic acids is 1. The van der Waals surface area contributed by atoms with Crippen LogP contribution in [0.2, 0.25) is 0 Å². The van der Waals surface area contributed by atoms with E-state index in [0.717, 1.165) is 4.57 Å². The molecule has 0 aliphatic carbocycles. The second-order valence-electron chi connectivity index (χ2n) is 3.50. The summed E-state index contributed by atoms with van der Waals surface area (Å²) in [5.74, 6) is -0.800. The number of hydrogen-bond donors (Lipinski definition) is 2. The number of halogens is 1. The molecule has 1 heterocycles. The Kier molecular flexibility index (Phi) is 3.00. The van der Waals surface area contributed by atoms with E-state index in [1.165, 1.54) is 19.2 Å². The molecule has 1 aromatic carbocycles. The van der Waals surface area contributed by atoms with Crippen molar-refractivity contribution in [1.82, 2.24) is 4.57 Å². The molecule has 0 saturated carbocycles. The molecular formula is C11H8BrNO5. The largest absolute Gasteiger partial charge is 0.496 e. The molecule has 0 fully saturated rings. The second kappa shape index (κ2) is 4.34. The van der Waals surface area contributed by atoms with Crippen molar-refractivity contribution in [2.75, 3.05) is 7.11 Å². The van der Waals surface area contributed by atoms with Crippen LogP contribution in [0.1, 0.15) is 10.5 Å². The van der Waals surface area contributed by atoms with Crippen LogP contribution in [0.4, 0.5) is 4.79 Å². The number of ether oxygens (including phenoxy) is 1. The maximum absolute atomic E-state index is 11.1. The van der Waals surface area contributed by atoms with Gasteiger partial charge in [0, 0.05) is 5.39 Å². The maximum Gasteiger partial charge on any atom is 0.416 e. The van der Waals surface area contributed by atoms with Crippen molar-refractivity contribution in [1.29, 1.82) is 0 Å². The number of benzene rings is 1. The van der Waals surface area contributed by atoms with Gasteiger partial charge >= 0.3 is 12.1 Å². The van der Waals surface area contributed by atoms with E-state index < -0.39 is 12.1 Å². The molecule has 0 saturated heterocycles. The molecule has 0 radical (unpaired) electrons. The normalized spacial score (nSPS) is 10.6. The molecule has 0 amide bonds. The fraction of sp³-hybridized carbons (Fsp3) is 0.0909. The minimum absolute atomic E-state index is 0.285. The molecule has 0 unspecified atom stereocenters. The molecule has 2 aromatic rings. The van der Waals surface area contributed by atoms with Crippen molar-refractivity contribution >= 4 is 38.9 Å². The quantitative estimate of drug-likeness (QED) is 0.889. The number of methoxy groups -OCH3 is 1. The highest BCUT2D eigenvalue weighted by Gasteiger charge is 2.20. The lowest BCUT2D eigenvalue weighted by atomic mass is 10.2. The topological polar surface area (TPSA) is 88.8 Å². The summed E-state index contributed by atoms with van der Waals surface area (Å²) in [5, 5.41) is 18.5. The molecular weight excluding hydrogens is 306 g/mol. The van der Waals surface area contributed by atoms with Gasteiger partial charge in [-0.25, -0.2) is 14.2 Å². The molecule has 1 aromatic heterocycles. The van der Waals surface area contributed by atoms with E-state index in [1.54, 1.807) is 6.07 Å². The fourth-order valence-corrected chi connectivity index (χ4v) is 2.22. The van der Waals surface area contributed by atoms with Gasteiger partial charge in [0.2, 0.25) is 0 Å². The number of aromatic nitrogens is 1. The highest BCUT2D eigenvalue weighted by Crippen LogP contribution is 2.32. The number of nitrogens with zero attached hydrogens (tertiary/aromatic N) is 1. The Morgan fingerprint density at radius 1 is 1.28 bits per heavy atom. The first kappa shape index (κ1) is 12.4. The molecule has 6 nitrogen and oxygen atoms in total. The Balaban J connectivity index is 2.85. The van der Waals surface area contributed by atoms with Gasteiger partial charge in [-0.15, -0.1) is 0 Å². The third-order valence-corrected chi connectivity index (χ3v) is 3.11. The zero-order valence-corrected chi connectivity index (χ0v) is 10.8. The van der Waals surface area contributed by atoms with Crippen molar-refractivity contribution < 1.29 is 24.5 Å². The highest BCUT2D eigenvalue weighted by atomic mass is 79.9. The van der Waals surface area contributed by atoms with Crippen molar-refractivity contribution in [2.24, 2.45) is 0 Å². The predicted molar refractivity (Wildman–Crippen MR) is 66.6 cm³/mol. The minimum atomic E-state index is -1.35. The Hall–Kier alpha value is -2.02. The number of carbonyl (C=O) groups is 2. The summed E-state index contributed by atoms with van der Waals surface area (Å²) >= 11 is 3.23. The SMILES string of the molecule is COc1cc2cc(C(=O)O)n(C(=O)O)c2cc1Br. The van der Waals surface area contributed by atoms with E-state index in [-0.39, 0.29) is 11.2 Å². The van der Waals surface area contributed by atoms with E-state index in [4.69, 9.17) is 14.9 Å². The molecule has 18 heavy (non-hydrogen) atoms. The van der Waals surface area contributed by atoms with Crippen LogP contribution in [0.25, 0.3) is 10.9 Å². The van der Waals surface area contributed by atoms with E-state index in [1.807, 2.05) is 0 Å². The third kappa shape index (κ3) is 1.82. The molecule has 0 aliphatic rings. The van der Waals surface area contributed by atoms with Crippen molar-refractivity contribution in [3.05, 3.63) is 28.4 Å². The van der Waals surface area contributed by atoms with Crippen LogP contribution in [0.3, 0.4) is 0 Å². The summed E-state index contributed by atoms with van der Waals surface area (Å²) in [6.45, 7) is 0. The van der Waals surface area contributed by atoms with Crippen molar-refractivity contribution in [3.8, 4) is 5.75 Å². The summed E-state index contributed by atoms with van der Waals surface area (Å²) in [7, 11) is 1.47. The summed E-state index contributed by atoms with van der Waals surface area (Å²) in [4.78, 5) is 22.1. The average molecular weight is 314 g/mol. The Bertz CT molecular complexity index is 661. The van der Waals surface area contributed by atoms with Crippen molar-refractivity contribution in [3.63, 3.8) is 0 Å². The molecule has 2 rings (SSSR count). The van der Waals surface area contributed by atoms with E-state index in [0.29, 0.717) is 15.6 Å². The number of hydrogen-bond acceptors (Lipinski definition) is 3. The molecule has 0 bridgehead atoms. The Morgan fingerprint density at radius 2 is 1.94 bits per heavy atom. The lowest BCUT2D eigenvalue weighted by molar-refractivity contribution is 0.0685. The van der Waals surface area contributed by atoms with E-state index in [9.17, 15) is 9.59 Å². The highest BCUT2D eigenvalue weighted by molar-refractivity contribution is 9.10. The van der Waals surface area contributed by atoms with Crippen LogP contribution in [0.15, 0.2) is 22.7 Å². The van der Waals surface area contributed by atoms with Gasteiger partial charge < -0.3 is 14.9 Å². The monoisotopic (exact) mass is 313 g/mol. The van der Waals surface area contributed by atoms with Gasteiger partial charge in [-0.1, -0.05) is 0 Å². The summed E-state index contributed by atoms with van der Waals surface area (Å²) < 4.78 is 6.35. The lowest BCUT2D eigenvalue weighted by Crippen LogP contribution is -2.14. The Labute approximate surface area is 110 Å². The van der Waals surface area contributed by atoms with Crippen molar-refractivity contribution in [2.45, 2.75) is 0 Å². The van der Waals surface area contributed by atoms with Gasteiger partial charge in [0.15, 0.2) is 0 Å². The average Bonchev–Trinajstić information content (AvgIpc) is 2.66. The van der Waals surface area contributed by atoms with Crippen LogP contribution in [-0.4, -0.2) is 34.0 Å². The second-order valence-corrected chi connectivity index (χ2v) is 4.35. The van der Waals surface area contributed by atoms with Gasteiger partial charge in [-0.05, 0) is 34.1 Å². The molecule has 94 valence electrons. The summed E-state index contributed by atoms with van der Waals surface area (Å²) in [6, 6.07) is 4.38. The summed E-state index contributed by atoms with van der Waals surface area (Å²) in [6.07, 6.45) is -1.35. The molecule has 7 heteroatoms. The van der Waals surface area contributed by atoms with E-state index >= 15 is 0 Å². The molecule has 0 atom stereocenters.